The number of carbonyl (C=O) groups is 2. The lowest BCUT2D eigenvalue weighted by Gasteiger charge is -2.32. The number of hydrogen-bond acceptors (Lipinski definition) is 2. The number of nitrogens with zero attached hydrogens (tertiary/aromatic N) is 1. The summed E-state index contributed by atoms with van der Waals surface area (Å²) in [6.07, 6.45) is 1.32. The van der Waals surface area contributed by atoms with E-state index in [9.17, 15) is 14.0 Å². The third-order valence-electron chi connectivity index (χ3n) is 5.21. The fraction of sp³-hybridized carbons (Fsp3) is 0.167. The molecule has 0 aromatic heterocycles. The number of amides is 3. The van der Waals surface area contributed by atoms with Crippen LogP contribution in [0.1, 0.15) is 12.8 Å². The molecule has 31 heavy (non-hydrogen) atoms. The van der Waals surface area contributed by atoms with Gasteiger partial charge in [-0.2, -0.15) is 0 Å². The fourth-order valence-corrected chi connectivity index (χ4v) is 3.77. The van der Waals surface area contributed by atoms with Crippen molar-refractivity contribution in [3.8, 4) is 11.1 Å². The van der Waals surface area contributed by atoms with E-state index in [0.717, 1.165) is 17.7 Å². The third kappa shape index (κ3) is 4.86. The molecule has 4 rings (SSSR count). The van der Waals surface area contributed by atoms with Gasteiger partial charge in [0.1, 0.15) is 11.9 Å². The number of hydrogen-bond donors (Lipinski definition) is 2. The second kappa shape index (κ2) is 9.18. The second-order valence-corrected chi connectivity index (χ2v) is 7.75. The van der Waals surface area contributed by atoms with Gasteiger partial charge in [-0.25, -0.2) is 9.18 Å². The number of benzene rings is 3. The van der Waals surface area contributed by atoms with Crippen molar-refractivity contribution in [2.24, 2.45) is 0 Å². The molecule has 3 aromatic carbocycles. The highest BCUT2D eigenvalue weighted by atomic mass is 35.5. The van der Waals surface area contributed by atoms with Crippen LogP contribution in [0.3, 0.4) is 0 Å². The molecule has 1 aliphatic heterocycles. The van der Waals surface area contributed by atoms with E-state index in [1.54, 1.807) is 71.6 Å². The lowest BCUT2D eigenvalue weighted by molar-refractivity contribution is -0.121. The predicted molar refractivity (Wildman–Crippen MR) is 121 cm³/mol. The summed E-state index contributed by atoms with van der Waals surface area (Å²) >= 11 is 5.85. The van der Waals surface area contributed by atoms with E-state index in [1.807, 2.05) is 0 Å². The van der Waals surface area contributed by atoms with Crippen LogP contribution < -0.4 is 15.5 Å². The molecule has 158 valence electrons. The molecule has 2 N–H and O–H groups in total. The Morgan fingerprint density at radius 2 is 1.71 bits per heavy atom. The van der Waals surface area contributed by atoms with Crippen LogP contribution in [0.4, 0.5) is 20.6 Å². The first-order chi connectivity index (χ1) is 15.0. The molecule has 0 saturated carbocycles. The minimum atomic E-state index is -0.618. The van der Waals surface area contributed by atoms with Crippen molar-refractivity contribution in [3.05, 3.63) is 83.6 Å². The largest absolute Gasteiger partial charge is 0.326 e. The van der Waals surface area contributed by atoms with Gasteiger partial charge in [0.15, 0.2) is 0 Å². The Bertz CT molecular complexity index is 1090. The smallest absolute Gasteiger partial charge is 0.319 e. The summed E-state index contributed by atoms with van der Waals surface area (Å²) in [6.45, 7) is 0.564. The topological polar surface area (TPSA) is 61.4 Å². The van der Waals surface area contributed by atoms with Crippen molar-refractivity contribution < 1.29 is 14.0 Å². The highest BCUT2D eigenvalue weighted by molar-refractivity contribution is 6.30. The first kappa shape index (κ1) is 20.9. The van der Waals surface area contributed by atoms with Gasteiger partial charge in [-0.15, -0.1) is 0 Å². The van der Waals surface area contributed by atoms with E-state index in [-0.39, 0.29) is 11.7 Å². The van der Waals surface area contributed by atoms with Crippen LogP contribution in [-0.4, -0.2) is 24.5 Å². The van der Waals surface area contributed by atoms with Crippen LogP contribution in [0.15, 0.2) is 72.8 Å². The summed E-state index contributed by atoms with van der Waals surface area (Å²) in [5, 5.41) is 6.03. The number of nitrogens with one attached hydrogen (secondary N) is 2. The van der Waals surface area contributed by atoms with Gasteiger partial charge in [-0.1, -0.05) is 41.9 Å². The van der Waals surface area contributed by atoms with Gasteiger partial charge in [0.2, 0.25) is 5.91 Å². The summed E-state index contributed by atoms with van der Waals surface area (Å²) in [6, 6.07) is 19.4. The minimum Gasteiger partial charge on any atom is -0.326 e. The Labute approximate surface area is 184 Å². The molecule has 1 atom stereocenters. The van der Waals surface area contributed by atoms with Gasteiger partial charge in [-0.05, 0) is 60.9 Å². The first-order valence-electron chi connectivity index (χ1n) is 10.0. The Morgan fingerprint density at radius 1 is 1.00 bits per heavy atom. The molecule has 0 aliphatic carbocycles. The molecule has 3 aromatic rings. The van der Waals surface area contributed by atoms with Crippen molar-refractivity contribution >= 4 is 34.9 Å². The van der Waals surface area contributed by atoms with E-state index in [2.05, 4.69) is 10.6 Å². The van der Waals surface area contributed by atoms with Gasteiger partial charge in [0, 0.05) is 28.5 Å². The molecule has 1 fully saturated rings. The second-order valence-electron chi connectivity index (χ2n) is 7.32. The average molecular weight is 438 g/mol. The maximum atomic E-state index is 14.0. The Hall–Kier alpha value is -3.38. The van der Waals surface area contributed by atoms with Gasteiger partial charge < -0.3 is 15.5 Å². The lowest BCUT2D eigenvalue weighted by Crippen LogP contribution is -2.53. The zero-order valence-electron chi connectivity index (χ0n) is 16.6. The van der Waals surface area contributed by atoms with Crippen LogP contribution in [0.5, 0.6) is 0 Å². The molecule has 1 heterocycles. The van der Waals surface area contributed by atoms with E-state index < -0.39 is 12.1 Å². The zero-order valence-corrected chi connectivity index (χ0v) is 17.4. The molecule has 3 amide bonds. The standard InChI is InChI=1S/C24H21ClFN3O2/c25-17-9-11-18(12-10-17)27-24(31)28-22-6-3-15-29(23(22)30)19-13-7-16(8-14-19)20-4-1-2-5-21(20)26/h1-2,4-5,7-14,22H,3,6,15H2,(H2,27,28,31)/t22-/m1/s1. The van der Waals surface area contributed by atoms with Gasteiger partial charge in [0.05, 0.1) is 0 Å². The van der Waals surface area contributed by atoms with Crippen LogP contribution in [0.2, 0.25) is 5.02 Å². The molecular weight excluding hydrogens is 417 g/mol. The number of carbonyl (C=O) groups excluding carboxylic acids is 2. The summed E-state index contributed by atoms with van der Waals surface area (Å²) in [5.41, 5.74) is 2.56. The van der Waals surface area contributed by atoms with Crippen molar-refractivity contribution in [3.63, 3.8) is 0 Å². The number of halogens is 2. The maximum Gasteiger partial charge on any atom is 0.319 e. The average Bonchev–Trinajstić information content (AvgIpc) is 2.77. The van der Waals surface area contributed by atoms with E-state index >= 15 is 0 Å². The highest BCUT2D eigenvalue weighted by Gasteiger charge is 2.30. The normalized spacial score (nSPS) is 16.1. The monoisotopic (exact) mass is 437 g/mol. The fourth-order valence-electron chi connectivity index (χ4n) is 3.64. The quantitative estimate of drug-likeness (QED) is 0.569. The Balaban J connectivity index is 1.43. The molecule has 0 unspecified atom stereocenters. The van der Waals surface area contributed by atoms with Crippen molar-refractivity contribution in [2.75, 3.05) is 16.8 Å². The van der Waals surface area contributed by atoms with Crippen LogP contribution in [0, 0.1) is 5.82 Å². The predicted octanol–water partition coefficient (Wildman–Crippen LogP) is 5.46. The van der Waals surface area contributed by atoms with Gasteiger partial charge in [0.25, 0.3) is 0 Å². The number of urea groups is 1. The molecule has 5 nitrogen and oxygen atoms in total. The van der Waals surface area contributed by atoms with E-state index in [0.29, 0.717) is 29.2 Å². The van der Waals surface area contributed by atoms with Crippen LogP contribution in [-0.2, 0) is 4.79 Å². The number of anilines is 2. The zero-order chi connectivity index (χ0) is 21.8. The van der Waals surface area contributed by atoms with Gasteiger partial charge in [-0.3, -0.25) is 4.79 Å². The molecule has 0 spiro atoms. The molecule has 0 bridgehead atoms. The van der Waals surface area contributed by atoms with Crippen molar-refractivity contribution in [1.29, 1.82) is 0 Å². The van der Waals surface area contributed by atoms with Crippen LogP contribution >= 0.6 is 11.6 Å². The highest BCUT2D eigenvalue weighted by Crippen LogP contribution is 2.27. The third-order valence-corrected chi connectivity index (χ3v) is 5.46. The van der Waals surface area contributed by atoms with Crippen LogP contribution in [0.25, 0.3) is 11.1 Å². The van der Waals surface area contributed by atoms with E-state index in [1.165, 1.54) is 6.07 Å². The molecule has 0 radical (unpaired) electrons. The number of piperidine rings is 1. The SMILES string of the molecule is O=C(Nc1ccc(Cl)cc1)N[C@@H]1CCCN(c2ccc(-c3ccccc3F)cc2)C1=O. The Kier molecular flexibility index (Phi) is 6.18. The summed E-state index contributed by atoms with van der Waals surface area (Å²) < 4.78 is 14.0. The van der Waals surface area contributed by atoms with E-state index in [4.69, 9.17) is 11.6 Å². The van der Waals surface area contributed by atoms with Crippen molar-refractivity contribution in [1.82, 2.24) is 5.32 Å². The lowest BCUT2D eigenvalue weighted by atomic mass is 10.0. The van der Waals surface area contributed by atoms with Gasteiger partial charge >= 0.3 is 6.03 Å². The first-order valence-corrected chi connectivity index (χ1v) is 10.4. The molecule has 1 saturated heterocycles. The molecule has 1 aliphatic rings. The maximum absolute atomic E-state index is 14.0. The number of rotatable bonds is 4. The van der Waals surface area contributed by atoms with Crippen molar-refractivity contribution in [2.45, 2.75) is 18.9 Å². The molecular formula is C24H21ClFN3O2. The minimum absolute atomic E-state index is 0.170. The Morgan fingerprint density at radius 3 is 2.42 bits per heavy atom. The summed E-state index contributed by atoms with van der Waals surface area (Å²) in [4.78, 5) is 27.0. The summed E-state index contributed by atoms with van der Waals surface area (Å²) in [5.74, 6) is -0.462. The summed E-state index contributed by atoms with van der Waals surface area (Å²) in [7, 11) is 0. The molecule has 7 heteroatoms.